The third kappa shape index (κ3) is 3.81. The zero-order valence-electron chi connectivity index (χ0n) is 15.6. The largest absolute Gasteiger partial charge is 0.341 e. The monoisotopic (exact) mass is 395 g/mol. The Morgan fingerprint density at radius 1 is 1.18 bits per heavy atom. The molecule has 0 bridgehead atoms. The van der Waals surface area contributed by atoms with Crippen LogP contribution >= 0.6 is 11.6 Å². The van der Waals surface area contributed by atoms with Crippen molar-refractivity contribution in [1.29, 1.82) is 5.26 Å². The molecule has 0 N–H and O–H groups in total. The quantitative estimate of drug-likeness (QED) is 0.776. The molecule has 0 atom stereocenters. The summed E-state index contributed by atoms with van der Waals surface area (Å²) in [6.07, 6.45) is 6.17. The highest BCUT2D eigenvalue weighted by atomic mass is 35.5. The van der Waals surface area contributed by atoms with Crippen LogP contribution in [0.2, 0.25) is 5.02 Å². The van der Waals surface area contributed by atoms with Crippen molar-refractivity contribution in [2.24, 2.45) is 5.92 Å². The Bertz CT molecular complexity index is 917. The number of nitriles is 1. The summed E-state index contributed by atoms with van der Waals surface area (Å²) in [5.41, 5.74) is 2.54. The zero-order valence-corrected chi connectivity index (χ0v) is 16.4. The lowest BCUT2D eigenvalue weighted by molar-refractivity contribution is -0.123. The van der Waals surface area contributed by atoms with Crippen LogP contribution in [0.1, 0.15) is 36.9 Å². The molecule has 2 aromatic rings. The second kappa shape index (κ2) is 8.15. The molecule has 144 valence electrons. The van der Waals surface area contributed by atoms with E-state index >= 15 is 0 Å². The molecular formula is C21H22ClN5O. The number of aromatic nitrogens is 2. The molecule has 1 amide bonds. The van der Waals surface area contributed by atoms with Gasteiger partial charge in [0.1, 0.15) is 11.8 Å². The average Bonchev–Trinajstić information content (AvgIpc) is 2.95. The lowest BCUT2D eigenvalue weighted by atomic mass is 9.95. The van der Waals surface area contributed by atoms with E-state index in [1.54, 1.807) is 12.3 Å². The van der Waals surface area contributed by atoms with Crippen molar-refractivity contribution < 1.29 is 4.79 Å². The van der Waals surface area contributed by atoms with Crippen molar-refractivity contribution in [2.45, 2.75) is 32.1 Å². The molecule has 1 aromatic heterocycles. The SMILES string of the molecule is N#Cc1ccnc(N2CCC(C(=O)N3CCCCc4cc(Cl)ccc43)CC2)n1. The lowest BCUT2D eigenvalue weighted by Crippen LogP contribution is -2.43. The molecule has 2 aliphatic rings. The van der Waals surface area contributed by atoms with Crippen molar-refractivity contribution >= 4 is 29.1 Å². The van der Waals surface area contributed by atoms with E-state index in [2.05, 4.69) is 14.9 Å². The Balaban J connectivity index is 1.46. The standard InChI is InChI=1S/C21H22ClN5O/c22-17-4-5-19-16(13-17)3-1-2-10-27(19)20(28)15-7-11-26(12-8-15)21-24-9-6-18(14-23)25-21/h4-6,9,13,15H,1-3,7-8,10-12H2. The molecule has 6 nitrogen and oxygen atoms in total. The Hall–Kier alpha value is -2.65. The normalized spacial score (nSPS) is 17.6. The van der Waals surface area contributed by atoms with Crippen LogP contribution in [0.5, 0.6) is 0 Å². The van der Waals surface area contributed by atoms with Gasteiger partial charge in [0.2, 0.25) is 11.9 Å². The first-order valence-electron chi connectivity index (χ1n) is 9.73. The van der Waals surface area contributed by atoms with Crippen LogP contribution in [0.15, 0.2) is 30.5 Å². The van der Waals surface area contributed by atoms with Gasteiger partial charge in [0.05, 0.1) is 0 Å². The Morgan fingerprint density at radius 2 is 2.00 bits per heavy atom. The number of rotatable bonds is 2. The smallest absolute Gasteiger partial charge is 0.230 e. The molecule has 1 saturated heterocycles. The van der Waals surface area contributed by atoms with Gasteiger partial charge in [0, 0.05) is 42.5 Å². The van der Waals surface area contributed by atoms with Crippen molar-refractivity contribution in [2.75, 3.05) is 29.4 Å². The Morgan fingerprint density at radius 3 is 2.79 bits per heavy atom. The van der Waals surface area contributed by atoms with Gasteiger partial charge in [-0.1, -0.05) is 11.6 Å². The van der Waals surface area contributed by atoms with Crippen LogP contribution in [0.25, 0.3) is 0 Å². The minimum Gasteiger partial charge on any atom is -0.341 e. The van der Waals surface area contributed by atoms with Crippen LogP contribution in [0, 0.1) is 17.2 Å². The summed E-state index contributed by atoms with van der Waals surface area (Å²) in [4.78, 5) is 25.9. The van der Waals surface area contributed by atoms with Crippen LogP contribution in [-0.2, 0) is 11.2 Å². The summed E-state index contributed by atoms with van der Waals surface area (Å²) in [6.45, 7) is 2.19. The Kier molecular flexibility index (Phi) is 5.45. The molecule has 7 heteroatoms. The van der Waals surface area contributed by atoms with Crippen LogP contribution in [0.4, 0.5) is 11.6 Å². The predicted molar refractivity (Wildman–Crippen MR) is 108 cm³/mol. The molecule has 0 saturated carbocycles. The summed E-state index contributed by atoms with van der Waals surface area (Å²) >= 11 is 6.16. The van der Waals surface area contributed by atoms with Gasteiger partial charge in [-0.2, -0.15) is 5.26 Å². The predicted octanol–water partition coefficient (Wildman–Crippen LogP) is 3.59. The summed E-state index contributed by atoms with van der Waals surface area (Å²) in [5.74, 6) is 0.772. The maximum Gasteiger partial charge on any atom is 0.230 e. The summed E-state index contributed by atoms with van der Waals surface area (Å²) in [7, 11) is 0. The molecule has 2 aliphatic heterocycles. The van der Waals surface area contributed by atoms with Gasteiger partial charge >= 0.3 is 0 Å². The minimum absolute atomic E-state index is 0.00275. The highest BCUT2D eigenvalue weighted by Gasteiger charge is 2.31. The van der Waals surface area contributed by atoms with Gasteiger partial charge in [0.15, 0.2) is 0 Å². The minimum atomic E-state index is -0.00275. The number of halogens is 1. The van der Waals surface area contributed by atoms with E-state index in [0.717, 1.165) is 54.9 Å². The maximum absolute atomic E-state index is 13.3. The number of piperidine rings is 1. The van der Waals surface area contributed by atoms with Gasteiger partial charge in [0.25, 0.3) is 0 Å². The molecule has 1 aromatic carbocycles. The van der Waals surface area contributed by atoms with Crippen molar-refractivity contribution in [3.05, 3.63) is 46.7 Å². The molecule has 0 radical (unpaired) electrons. The van der Waals surface area contributed by atoms with Gasteiger partial charge in [-0.15, -0.1) is 0 Å². The zero-order chi connectivity index (χ0) is 19.5. The van der Waals surface area contributed by atoms with Crippen LogP contribution in [0.3, 0.4) is 0 Å². The highest BCUT2D eigenvalue weighted by molar-refractivity contribution is 6.30. The second-order valence-corrected chi connectivity index (χ2v) is 7.77. The fraction of sp³-hybridized carbons (Fsp3) is 0.429. The van der Waals surface area contributed by atoms with E-state index in [9.17, 15) is 4.79 Å². The molecular weight excluding hydrogens is 374 g/mol. The fourth-order valence-electron chi connectivity index (χ4n) is 4.06. The van der Waals surface area contributed by atoms with Crippen LogP contribution < -0.4 is 9.80 Å². The second-order valence-electron chi connectivity index (χ2n) is 7.34. The van der Waals surface area contributed by atoms with Crippen molar-refractivity contribution in [1.82, 2.24) is 9.97 Å². The van der Waals surface area contributed by atoms with E-state index in [1.165, 1.54) is 0 Å². The number of amides is 1. The van der Waals surface area contributed by atoms with E-state index < -0.39 is 0 Å². The lowest BCUT2D eigenvalue weighted by Gasteiger charge is -2.34. The van der Waals surface area contributed by atoms with E-state index in [4.69, 9.17) is 16.9 Å². The first-order valence-corrected chi connectivity index (χ1v) is 10.1. The topological polar surface area (TPSA) is 73.1 Å². The summed E-state index contributed by atoms with van der Waals surface area (Å²) in [5, 5.41) is 9.75. The molecule has 0 aliphatic carbocycles. The third-order valence-corrected chi connectivity index (χ3v) is 5.80. The molecule has 1 fully saturated rings. The molecule has 4 rings (SSSR count). The summed E-state index contributed by atoms with van der Waals surface area (Å²) in [6, 6.07) is 9.49. The first kappa shape index (κ1) is 18.7. The summed E-state index contributed by atoms with van der Waals surface area (Å²) < 4.78 is 0. The maximum atomic E-state index is 13.3. The molecule has 3 heterocycles. The van der Waals surface area contributed by atoms with E-state index in [-0.39, 0.29) is 11.8 Å². The van der Waals surface area contributed by atoms with Gasteiger partial charge in [-0.3, -0.25) is 4.79 Å². The first-order chi connectivity index (χ1) is 13.7. The number of hydrogen-bond acceptors (Lipinski definition) is 5. The van der Waals surface area contributed by atoms with E-state index in [0.29, 0.717) is 24.7 Å². The number of benzene rings is 1. The Labute approximate surface area is 169 Å². The number of nitrogens with zero attached hydrogens (tertiary/aromatic N) is 5. The van der Waals surface area contributed by atoms with E-state index in [1.807, 2.05) is 29.2 Å². The number of hydrogen-bond donors (Lipinski definition) is 0. The average molecular weight is 396 g/mol. The third-order valence-electron chi connectivity index (χ3n) is 5.56. The number of aryl methyl sites for hydroxylation is 1. The molecule has 28 heavy (non-hydrogen) atoms. The van der Waals surface area contributed by atoms with Gasteiger partial charge in [-0.05, 0) is 61.9 Å². The van der Waals surface area contributed by atoms with Crippen molar-refractivity contribution in [3.8, 4) is 6.07 Å². The van der Waals surface area contributed by atoms with Crippen LogP contribution in [-0.4, -0.2) is 35.5 Å². The van der Waals surface area contributed by atoms with Crippen molar-refractivity contribution in [3.63, 3.8) is 0 Å². The number of carbonyl (C=O) groups excluding carboxylic acids is 1. The highest BCUT2D eigenvalue weighted by Crippen LogP contribution is 2.32. The van der Waals surface area contributed by atoms with Gasteiger partial charge in [-0.25, -0.2) is 9.97 Å². The van der Waals surface area contributed by atoms with Gasteiger partial charge < -0.3 is 9.80 Å². The number of anilines is 2. The molecule has 0 spiro atoms. The number of fused-ring (bicyclic) bond motifs is 1. The fourth-order valence-corrected chi connectivity index (χ4v) is 4.26. The molecule has 0 unspecified atom stereocenters. The number of carbonyl (C=O) groups is 1.